The van der Waals surface area contributed by atoms with Crippen molar-refractivity contribution in [1.29, 1.82) is 0 Å². The molecule has 1 atom stereocenters. The predicted octanol–water partition coefficient (Wildman–Crippen LogP) is 3.99. The lowest BCUT2D eigenvalue weighted by Gasteiger charge is -2.35. The molecule has 1 aliphatic rings. The lowest BCUT2D eigenvalue weighted by Crippen LogP contribution is -2.55. The zero-order chi connectivity index (χ0) is 28.1. The van der Waals surface area contributed by atoms with Gasteiger partial charge in [-0.3, -0.25) is 13.9 Å². The second-order valence-corrected chi connectivity index (χ2v) is 12.7. The number of carbonyl (C=O) groups is 2. The van der Waals surface area contributed by atoms with Crippen LogP contribution in [0.3, 0.4) is 0 Å². The number of fused-ring (bicyclic) bond motifs is 1. The van der Waals surface area contributed by atoms with E-state index in [1.165, 1.54) is 11.8 Å². The number of halogens is 1. The predicted molar refractivity (Wildman–Crippen MR) is 148 cm³/mol. The highest BCUT2D eigenvalue weighted by Crippen LogP contribution is 2.35. The SMILES string of the molecule is CC[C@H](C(=O)NC(C)(C)C)N(Cc1ccc(Cl)cc1)C(=O)CN(c1ccc2c(c1)OCCO2)S(=O)(=O)CC. The molecule has 2 aromatic carbocycles. The van der Waals surface area contributed by atoms with Crippen LogP contribution in [0, 0.1) is 0 Å². The molecule has 0 aliphatic carbocycles. The summed E-state index contributed by atoms with van der Waals surface area (Å²) in [4.78, 5) is 28.6. The monoisotopic (exact) mass is 565 g/mol. The molecule has 1 heterocycles. The van der Waals surface area contributed by atoms with Crippen molar-refractivity contribution < 1.29 is 27.5 Å². The van der Waals surface area contributed by atoms with Gasteiger partial charge in [-0.15, -0.1) is 0 Å². The van der Waals surface area contributed by atoms with Crippen molar-refractivity contribution in [2.24, 2.45) is 0 Å². The number of hydrogen-bond acceptors (Lipinski definition) is 6. The molecular weight excluding hydrogens is 530 g/mol. The fraction of sp³-hybridized carbons (Fsp3) is 0.481. The first-order valence-electron chi connectivity index (χ1n) is 12.6. The number of benzene rings is 2. The van der Waals surface area contributed by atoms with Gasteiger partial charge in [0.1, 0.15) is 25.8 Å². The standard InChI is InChI=1S/C27H36ClN3O6S/c1-6-22(26(33)29-27(3,4)5)30(17-19-8-10-20(28)11-9-19)25(32)18-31(38(34,35)7-2)21-12-13-23-24(16-21)37-15-14-36-23/h8-13,16,22H,6-7,14-15,17-18H2,1-5H3,(H,29,33)/t22-/m1/s1. The number of carbonyl (C=O) groups excluding carboxylic acids is 2. The number of hydrogen-bond donors (Lipinski definition) is 1. The summed E-state index contributed by atoms with van der Waals surface area (Å²) in [5, 5.41) is 3.49. The lowest BCUT2D eigenvalue weighted by atomic mass is 10.1. The first kappa shape index (κ1) is 29.6. The third kappa shape index (κ3) is 7.54. The summed E-state index contributed by atoms with van der Waals surface area (Å²) in [5.74, 6) is -0.122. The molecule has 0 aromatic heterocycles. The number of anilines is 1. The van der Waals surface area contributed by atoms with Crippen LogP contribution in [-0.4, -0.2) is 62.2 Å². The third-order valence-corrected chi connectivity index (χ3v) is 7.94. The molecule has 3 rings (SSSR count). The van der Waals surface area contributed by atoms with Gasteiger partial charge < -0.3 is 19.7 Å². The van der Waals surface area contributed by atoms with Crippen LogP contribution in [0.15, 0.2) is 42.5 Å². The third-order valence-electron chi connectivity index (χ3n) is 5.94. The normalized spacial score (nSPS) is 13.9. The second-order valence-electron chi connectivity index (χ2n) is 10.0. The van der Waals surface area contributed by atoms with Gasteiger partial charge >= 0.3 is 0 Å². The summed E-state index contributed by atoms with van der Waals surface area (Å²) in [5.41, 5.74) is 0.527. The summed E-state index contributed by atoms with van der Waals surface area (Å²) in [7, 11) is -3.86. The highest BCUT2D eigenvalue weighted by molar-refractivity contribution is 7.92. The zero-order valence-electron chi connectivity index (χ0n) is 22.5. The first-order chi connectivity index (χ1) is 17.8. The fourth-order valence-electron chi connectivity index (χ4n) is 4.07. The van der Waals surface area contributed by atoms with Gasteiger partial charge in [0.2, 0.25) is 21.8 Å². The summed E-state index contributed by atoms with van der Waals surface area (Å²) < 4.78 is 38.6. The maximum absolute atomic E-state index is 13.9. The van der Waals surface area contributed by atoms with E-state index in [9.17, 15) is 18.0 Å². The Hall–Kier alpha value is -2.98. The molecule has 38 heavy (non-hydrogen) atoms. The van der Waals surface area contributed by atoms with Crippen molar-refractivity contribution in [2.45, 2.75) is 59.2 Å². The average molecular weight is 566 g/mol. The maximum Gasteiger partial charge on any atom is 0.244 e. The molecule has 2 amide bonds. The van der Waals surface area contributed by atoms with Crippen molar-refractivity contribution >= 4 is 39.1 Å². The quantitative estimate of drug-likeness (QED) is 0.467. The van der Waals surface area contributed by atoms with Crippen LogP contribution in [0.5, 0.6) is 11.5 Å². The minimum absolute atomic E-state index is 0.104. The van der Waals surface area contributed by atoms with Crippen LogP contribution in [0.2, 0.25) is 5.02 Å². The van der Waals surface area contributed by atoms with E-state index in [4.69, 9.17) is 21.1 Å². The largest absolute Gasteiger partial charge is 0.486 e. The van der Waals surface area contributed by atoms with Gasteiger partial charge in [-0.2, -0.15) is 0 Å². The fourth-order valence-corrected chi connectivity index (χ4v) is 5.25. The summed E-state index contributed by atoms with van der Waals surface area (Å²) in [6, 6.07) is 10.9. The number of nitrogens with zero attached hydrogens (tertiary/aromatic N) is 2. The Morgan fingerprint density at radius 1 is 1.03 bits per heavy atom. The second kappa shape index (κ2) is 12.3. The molecule has 208 valence electrons. The van der Waals surface area contributed by atoms with Crippen LogP contribution < -0.4 is 19.1 Å². The zero-order valence-corrected chi connectivity index (χ0v) is 24.1. The topological polar surface area (TPSA) is 105 Å². The Morgan fingerprint density at radius 2 is 1.66 bits per heavy atom. The van der Waals surface area contributed by atoms with Gasteiger partial charge in [-0.1, -0.05) is 30.7 Å². The van der Waals surface area contributed by atoms with Crippen molar-refractivity contribution in [1.82, 2.24) is 10.2 Å². The Morgan fingerprint density at radius 3 is 2.24 bits per heavy atom. The van der Waals surface area contributed by atoms with Crippen LogP contribution in [0.1, 0.15) is 46.6 Å². The van der Waals surface area contributed by atoms with Gasteiger partial charge in [0.25, 0.3) is 0 Å². The first-order valence-corrected chi connectivity index (χ1v) is 14.6. The molecule has 1 N–H and O–H groups in total. The summed E-state index contributed by atoms with van der Waals surface area (Å²) in [6.45, 7) is 9.28. The molecule has 0 bridgehead atoms. The molecule has 0 saturated carbocycles. The van der Waals surface area contributed by atoms with Crippen molar-refractivity contribution in [3.05, 3.63) is 53.1 Å². The number of nitrogens with one attached hydrogen (secondary N) is 1. The van der Waals surface area contributed by atoms with E-state index in [2.05, 4.69) is 5.32 Å². The maximum atomic E-state index is 13.9. The molecule has 0 radical (unpaired) electrons. The van der Waals surface area contributed by atoms with E-state index in [0.717, 1.165) is 9.87 Å². The molecule has 0 fully saturated rings. The Balaban J connectivity index is 1.99. The molecule has 2 aromatic rings. The molecule has 1 aliphatic heterocycles. The van der Waals surface area contributed by atoms with Crippen molar-refractivity contribution in [3.63, 3.8) is 0 Å². The van der Waals surface area contributed by atoms with Crippen LogP contribution in [0.4, 0.5) is 5.69 Å². The molecular formula is C27H36ClN3O6S. The van der Waals surface area contributed by atoms with Crippen LogP contribution in [0.25, 0.3) is 0 Å². The van der Waals surface area contributed by atoms with E-state index in [1.807, 2.05) is 27.7 Å². The molecule has 0 saturated heterocycles. The van der Waals surface area contributed by atoms with Crippen molar-refractivity contribution in [3.8, 4) is 11.5 Å². The van der Waals surface area contributed by atoms with Gasteiger partial charge in [-0.25, -0.2) is 8.42 Å². The van der Waals surface area contributed by atoms with Crippen LogP contribution in [-0.2, 0) is 26.2 Å². The number of rotatable bonds is 10. The number of amides is 2. The molecule has 9 nitrogen and oxygen atoms in total. The Bertz CT molecular complexity index is 1240. The van der Waals surface area contributed by atoms with Gasteiger partial charge in [0, 0.05) is 23.2 Å². The molecule has 0 spiro atoms. The van der Waals surface area contributed by atoms with E-state index in [0.29, 0.717) is 36.2 Å². The summed E-state index contributed by atoms with van der Waals surface area (Å²) in [6.07, 6.45) is 0.339. The Labute approximate surface area is 230 Å². The average Bonchev–Trinajstić information content (AvgIpc) is 2.86. The molecule has 0 unspecified atom stereocenters. The van der Waals surface area contributed by atoms with Gasteiger partial charge in [0.05, 0.1) is 11.4 Å². The smallest absolute Gasteiger partial charge is 0.244 e. The van der Waals surface area contributed by atoms with E-state index in [1.54, 1.807) is 42.5 Å². The highest BCUT2D eigenvalue weighted by Gasteiger charge is 2.34. The van der Waals surface area contributed by atoms with Crippen LogP contribution >= 0.6 is 11.6 Å². The van der Waals surface area contributed by atoms with Crippen molar-refractivity contribution in [2.75, 3.05) is 29.8 Å². The van der Waals surface area contributed by atoms with Gasteiger partial charge in [0.15, 0.2) is 11.5 Å². The summed E-state index contributed by atoms with van der Waals surface area (Å²) >= 11 is 6.04. The minimum atomic E-state index is -3.86. The Kier molecular flexibility index (Phi) is 9.54. The minimum Gasteiger partial charge on any atom is -0.486 e. The molecule has 11 heteroatoms. The van der Waals surface area contributed by atoms with Gasteiger partial charge in [-0.05, 0) is 63.9 Å². The van der Waals surface area contributed by atoms with E-state index in [-0.39, 0.29) is 23.9 Å². The highest BCUT2D eigenvalue weighted by atomic mass is 35.5. The number of sulfonamides is 1. The lowest BCUT2D eigenvalue weighted by molar-refractivity contribution is -0.141. The van der Waals surface area contributed by atoms with E-state index < -0.39 is 34.1 Å². The number of ether oxygens (including phenoxy) is 2. The van der Waals surface area contributed by atoms with E-state index >= 15 is 0 Å².